The van der Waals surface area contributed by atoms with E-state index in [2.05, 4.69) is 15.5 Å². The Labute approximate surface area is 134 Å². The fraction of sp³-hybridized carbons (Fsp3) is 0.467. The highest BCUT2D eigenvalue weighted by atomic mass is 35.5. The smallest absolute Gasteiger partial charge is 0.227 e. The summed E-state index contributed by atoms with van der Waals surface area (Å²) < 4.78 is 23.7. The predicted molar refractivity (Wildman–Crippen MR) is 81.6 cm³/mol. The van der Waals surface area contributed by atoms with Gasteiger partial charge in [0.1, 0.15) is 11.6 Å². The third kappa shape index (κ3) is 4.68. The number of halogens is 2. The van der Waals surface area contributed by atoms with E-state index in [0.717, 1.165) is 32.4 Å². The van der Waals surface area contributed by atoms with Gasteiger partial charge in [-0.3, -0.25) is 0 Å². The van der Waals surface area contributed by atoms with Crippen molar-refractivity contribution < 1.29 is 13.7 Å². The van der Waals surface area contributed by atoms with Crippen molar-refractivity contribution in [2.75, 3.05) is 13.1 Å². The van der Waals surface area contributed by atoms with Crippen molar-refractivity contribution in [3.63, 3.8) is 0 Å². The minimum Gasteiger partial charge on any atom is -0.485 e. The molecule has 0 aliphatic carbocycles. The van der Waals surface area contributed by atoms with Gasteiger partial charge in [-0.25, -0.2) is 4.39 Å². The highest BCUT2D eigenvalue weighted by Crippen LogP contribution is 2.17. The summed E-state index contributed by atoms with van der Waals surface area (Å²) >= 11 is 0. The third-order valence-electron chi connectivity index (χ3n) is 3.60. The van der Waals surface area contributed by atoms with E-state index in [-0.39, 0.29) is 24.8 Å². The summed E-state index contributed by atoms with van der Waals surface area (Å²) in [5, 5.41) is 7.23. The summed E-state index contributed by atoms with van der Waals surface area (Å²) in [5.74, 6) is 1.87. The number of nitrogens with one attached hydrogen (secondary N) is 1. The molecule has 0 atom stereocenters. The monoisotopic (exact) mass is 327 g/mol. The highest BCUT2D eigenvalue weighted by Gasteiger charge is 2.17. The van der Waals surface area contributed by atoms with Gasteiger partial charge >= 0.3 is 0 Å². The largest absolute Gasteiger partial charge is 0.485 e. The van der Waals surface area contributed by atoms with Crippen LogP contribution in [0.15, 0.2) is 28.8 Å². The molecule has 1 aromatic carbocycles. The minimum atomic E-state index is -0.327. The van der Waals surface area contributed by atoms with E-state index < -0.39 is 0 Å². The molecule has 0 saturated carbocycles. The van der Waals surface area contributed by atoms with Crippen LogP contribution in [0, 0.1) is 11.7 Å². The van der Waals surface area contributed by atoms with Crippen LogP contribution in [0.4, 0.5) is 4.39 Å². The molecule has 22 heavy (non-hydrogen) atoms. The van der Waals surface area contributed by atoms with Crippen LogP contribution in [0.25, 0.3) is 0 Å². The first-order valence-electron chi connectivity index (χ1n) is 7.20. The van der Waals surface area contributed by atoms with Gasteiger partial charge < -0.3 is 14.6 Å². The maximum atomic E-state index is 13.0. The van der Waals surface area contributed by atoms with E-state index >= 15 is 0 Å². The van der Waals surface area contributed by atoms with Gasteiger partial charge in [0, 0.05) is 12.5 Å². The number of nitrogens with zero attached hydrogens (tertiary/aromatic N) is 2. The maximum absolute atomic E-state index is 13.0. The first kappa shape index (κ1) is 16.7. The molecule has 0 amide bonds. The molecule has 1 aliphatic rings. The van der Waals surface area contributed by atoms with Crippen molar-refractivity contribution in [2.45, 2.75) is 25.9 Å². The van der Waals surface area contributed by atoms with E-state index in [9.17, 15) is 4.39 Å². The Morgan fingerprint density at radius 1 is 1.32 bits per heavy atom. The fourth-order valence-corrected chi connectivity index (χ4v) is 2.47. The van der Waals surface area contributed by atoms with Crippen LogP contribution in [-0.2, 0) is 13.0 Å². The number of aromatic nitrogens is 2. The van der Waals surface area contributed by atoms with Gasteiger partial charge in [0.05, 0.1) is 0 Å². The van der Waals surface area contributed by atoms with Gasteiger partial charge in [-0.05, 0) is 44.0 Å². The lowest BCUT2D eigenvalue weighted by atomic mass is 9.95. The Bertz CT molecular complexity index is 588. The second kappa shape index (κ2) is 8.10. The fourth-order valence-electron chi connectivity index (χ4n) is 2.47. The first-order valence-corrected chi connectivity index (χ1v) is 7.20. The van der Waals surface area contributed by atoms with Crippen molar-refractivity contribution in [1.29, 1.82) is 0 Å². The predicted octanol–water partition coefficient (Wildman–Crippen LogP) is 2.75. The van der Waals surface area contributed by atoms with Crippen molar-refractivity contribution >= 4 is 12.4 Å². The van der Waals surface area contributed by atoms with Crippen LogP contribution in [0.2, 0.25) is 0 Å². The molecule has 2 heterocycles. The van der Waals surface area contributed by atoms with Crippen molar-refractivity contribution in [3.8, 4) is 5.75 Å². The zero-order valence-electron chi connectivity index (χ0n) is 12.1. The summed E-state index contributed by atoms with van der Waals surface area (Å²) in [4.78, 5) is 4.32. The zero-order valence-corrected chi connectivity index (χ0v) is 12.9. The summed E-state index contributed by atoms with van der Waals surface area (Å²) in [6.45, 7) is 2.28. The summed E-state index contributed by atoms with van der Waals surface area (Å²) in [6, 6.07) is 6.00. The van der Waals surface area contributed by atoms with E-state index in [4.69, 9.17) is 9.26 Å². The van der Waals surface area contributed by atoms with E-state index in [1.165, 1.54) is 12.1 Å². The lowest BCUT2D eigenvalue weighted by Crippen LogP contribution is -2.28. The summed E-state index contributed by atoms with van der Waals surface area (Å²) in [5.41, 5.74) is 0. The topological polar surface area (TPSA) is 60.2 Å². The highest BCUT2D eigenvalue weighted by molar-refractivity contribution is 5.85. The van der Waals surface area contributed by atoms with Gasteiger partial charge in [-0.2, -0.15) is 4.98 Å². The average Bonchev–Trinajstić information content (AvgIpc) is 2.94. The third-order valence-corrected chi connectivity index (χ3v) is 3.60. The van der Waals surface area contributed by atoms with Gasteiger partial charge in [-0.15, -0.1) is 12.4 Å². The second-order valence-electron chi connectivity index (χ2n) is 5.25. The number of ether oxygens (including phenoxy) is 1. The first-order chi connectivity index (χ1) is 10.3. The molecular formula is C15H19ClFN3O2. The molecule has 1 saturated heterocycles. The van der Waals surface area contributed by atoms with Gasteiger partial charge in [0.15, 0.2) is 6.61 Å². The van der Waals surface area contributed by atoms with Crippen LogP contribution < -0.4 is 10.1 Å². The molecular weight excluding hydrogens is 309 g/mol. The molecule has 120 valence electrons. The quantitative estimate of drug-likeness (QED) is 0.915. The Morgan fingerprint density at radius 2 is 2.14 bits per heavy atom. The number of hydrogen-bond donors (Lipinski definition) is 1. The van der Waals surface area contributed by atoms with Crippen LogP contribution in [0.5, 0.6) is 5.75 Å². The molecule has 5 nitrogen and oxygen atoms in total. The zero-order chi connectivity index (χ0) is 14.5. The van der Waals surface area contributed by atoms with Gasteiger partial charge in [0.2, 0.25) is 11.7 Å². The molecule has 0 spiro atoms. The number of benzene rings is 1. The van der Waals surface area contributed by atoms with E-state index in [0.29, 0.717) is 23.4 Å². The van der Waals surface area contributed by atoms with Gasteiger partial charge in [0.25, 0.3) is 0 Å². The van der Waals surface area contributed by atoms with E-state index in [1.54, 1.807) is 12.1 Å². The van der Waals surface area contributed by atoms with Crippen LogP contribution in [0.3, 0.4) is 0 Å². The SMILES string of the molecule is Cl.Fc1cccc(OCc2noc(CC3CCNCC3)n2)c1. The standard InChI is InChI=1S/C15H18FN3O2.ClH/c16-12-2-1-3-13(9-12)20-10-14-18-15(21-19-14)8-11-4-6-17-7-5-11;/h1-3,9,11,17H,4-8,10H2;1H. The molecule has 0 radical (unpaired) electrons. The Balaban J connectivity index is 0.00000176. The molecule has 0 bridgehead atoms. The lowest BCUT2D eigenvalue weighted by Gasteiger charge is -2.20. The minimum absolute atomic E-state index is 0. The van der Waals surface area contributed by atoms with Crippen LogP contribution in [0.1, 0.15) is 24.6 Å². The molecule has 1 fully saturated rings. The maximum Gasteiger partial charge on any atom is 0.227 e. The van der Waals surface area contributed by atoms with Crippen LogP contribution >= 0.6 is 12.4 Å². The Hall–Kier alpha value is -1.66. The number of hydrogen-bond acceptors (Lipinski definition) is 5. The molecule has 1 N–H and O–H groups in total. The van der Waals surface area contributed by atoms with E-state index in [1.807, 2.05) is 0 Å². The van der Waals surface area contributed by atoms with Crippen LogP contribution in [-0.4, -0.2) is 23.2 Å². The van der Waals surface area contributed by atoms with Crippen molar-refractivity contribution in [3.05, 3.63) is 41.8 Å². The van der Waals surface area contributed by atoms with Crippen molar-refractivity contribution in [2.24, 2.45) is 5.92 Å². The molecule has 7 heteroatoms. The molecule has 1 aliphatic heterocycles. The summed E-state index contributed by atoms with van der Waals surface area (Å²) in [7, 11) is 0. The second-order valence-corrected chi connectivity index (χ2v) is 5.25. The number of rotatable bonds is 5. The molecule has 2 aromatic rings. The van der Waals surface area contributed by atoms with Gasteiger partial charge in [-0.1, -0.05) is 11.2 Å². The Kier molecular flexibility index (Phi) is 6.15. The molecule has 1 aromatic heterocycles. The number of piperidine rings is 1. The molecule has 0 unspecified atom stereocenters. The lowest BCUT2D eigenvalue weighted by molar-refractivity contribution is 0.280. The molecule has 3 rings (SSSR count). The average molecular weight is 328 g/mol. The van der Waals surface area contributed by atoms with Crippen molar-refractivity contribution in [1.82, 2.24) is 15.5 Å². The summed E-state index contributed by atoms with van der Waals surface area (Å²) in [6.07, 6.45) is 3.09. The Morgan fingerprint density at radius 3 is 2.91 bits per heavy atom. The normalized spacial score (nSPS) is 15.3.